The average molecular weight is 270 g/mol. The second kappa shape index (κ2) is 4.34. The van der Waals surface area contributed by atoms with Gasteiger partial charge in [-0.3, -0.25) is 0 Å². The first-order valence-electron chi connectivity index (χ1n) is 8.32. The Morgan fingerprint density at radius 1 is 0.900 bits per heavy atom. The summed E-state index contributed by atoms with van der Waals surface area (Å²) in [6.45, 7) is 4.33. The molecular formula is C19H26O. The summed E-state index contributed by atoms with van der Waals surface area (Å²) in [5.41, 5.74) is 3.59. The molecule has 108 valence electrons. The largest absolute Gasteiger partial charge is 0.389 e. The van der Waals surface area contributed by atoms with Crippen LogP contribution in [0.3, 0.4) is 0 Å². The second-order valence-electron chi connectivity index (χ2n) is 7.97. The van der Waals surface area contributed by atoms with Gasteiger partial charge in [0.25, 0.3) is 0 Å². The molecule has 0 aromatic heterocycles. The fourth-order valence-electron chi connectivity index (χ4n) is 5.79. The lowest BCUT2D eigenvalue weighted by Crippen LogP contribution is -2.58. The van der Waals surface area contributed by atoms with E-state index in [1.807, 2.05) is 0 Å². The van der Waals surface area contributed by atoms with Crippen LogP contribution in [0.5, 0.6) is 0 Å². The molecule has 1 N–H and O–H groups in total. The Kier molecular flexibility index (Phi) is 2.79. The number of hydrogen-bond acceptors (Lipinski definition) is 1. The van der Waals surface area contributed by atoms with Gasteiger partial charge >= 0.3 is 0 Å². The Morgan fingerprint density at radius 3 is 1.90 bits per heavy atom. The van der Waals surface area contributed by atoms with Crippen LogP contribution >= 0.6 is 0 Å². The van der Waals surface area contributed by atoms with Crippen molar-refractivity contribution in [3.05, 3.63) is 34.9 Å². The maximum absolute atomic E-state index is 11.4. The first-order chi connectivity index (χ1) is 9.53. The van der Waals surface area contributed by atoms with Gasteiger partial charge in [0.2, 0.25) is 0 Å². The average Bonchev–Trinajstić information content (AvgIpc) is 2.34. The first-order valence-corrected chi connectivity index (χ1v) is 8.32. The minimum absolute atomic E-state index is 0.409. The highest BCUT2D eigenvalue weighted by molar-refractivity contribution is 5.30. The predicted molar refractivity (Wildman–Crippen MR) is 81.6 cm³/mol. The highest BCUT2D eigenvalue weighted by Gasteiger charge is 2.56. The van der Waals surface area contributed by atoms with Crippen molar-refractivity contribution in [1.29, 1.82) is 0 Å². The van der Waals surface area contributed by atoms with Crippen molar-refractivity contribution in [2.24, 2.45) is 23.7 Å². The molecule has 0 atom stereocenters. The van der Waals surface area contributed by atoms with Crippen molar-refractivity contribution in [2.45, 2.75) is 58.0 Å². The third-order valence-electron chi connectivity index (χ3n) is 6.32. The predicted octanol–water partition coefficient (Wildman–Crippen LogP) is 4.03. The van der Waals surface area contributed by atoms with Crippen LogP contribution in [0.2, 0.25) is 0 Å². The van der Waals surface area contributed by atoms with Crippen LogP contribution in [0.1, 0.15) is 48.8 Å². The molecule has 5 rings (SSSR count). The van der Waals surface area contributed by atoms with E-state index in [9.17, 15) is 5.11 Å². The Hall–Kier alpha value is -0.820. The van der Waals surface area contributed by atoms with E-state index in [0.29, 0.717) is 11.8 Å². The topological polar surface area (TPSA) is 20.2 Å². The molecule has 0 unspecified atom stereocenters. The quantitative estimate of drug-likeness (QED) is 0.860. The van der Waals surface area contributed by atoms with Gasteiger partial charge < -0.3 is 5.11 Å². The molecule has 1 nitrogen and oxygen atoms in total. The second-order valence-corrected chi connectivity index (χ2v) is 7.97. The van der Waals surface area contributed by atoms with E-state index in [4.69, 9.17) is 0 Å². The minimum Gasteiger partial charge on any atom is -0.389 e. The highest BCUT2D eigenvalue weighted by atomic mass is 16.3. The zero-order valence-corrected chi connectivity index (χ0v) is 12.7. The minimum atomic E-state index is -0.409. The summed E-state index contributed by atoms with van der Waals surface area (Å²) in [6, 6.07) is 6.77. The molecule has 4 aliphatic carbocycles. The van der Waals surface area contributed by atoms with E-state index < -0.39 is 5.60 Å². The molecule has 0 heterocycles. The molecule has 1 aromatic carbocycles. The molecule has 0 saturated heterocycles. The third kappa shape index (κ3) is 1.94. The normalized spacial score (nSPS) is 42.1. The smallest absolute Gasteiger partial charge is 0.0744 e. The monoisotopic (exact) mass is 270 g/mol. The van der Waals surface area contributed by atoms with Gasteiger partial charge in [-0.25, -0.2) is 0 Å². The van der Waals surface area contributed by atoms with Gasteiger partial charge in [-0.2, -0.15) is 0 Å². The van der Waals surface area contributed by atoms with Crippen LogP contribution in [0.4, 0.5) is 0 Å². The van der Waals surface area contributed by atoms with E-state index >= 15 is 0 Å². The zero-order chi connectivity index (χ0) is 13.9. The highest BCUT2D eigenvalue weighted by Crippen LogP contribution is 2.59. The van der Waals surface area contributed by atoms with Gasteiger partial charge in [0, 0.05) is 6.42 Å². The Labute approximate surface area is 122 Å². The Balaban J connectivity index is 1.64. The molecule has 0 aliphatic heterocycles. The maximum Gasteiger partial charge on any atom is 0.0744 e. The summed E-state index contributed by atoms with van der Waals surface area (Å²) in [4.78, 5) is 0. The standard InChI is InChI=1S/C19H26O/c1-12-3-13(2)5-16(4-12)11-19(20)17-7-14-6-15(9-17)10-18(19)8-14/h3-5,14-15,17-18,20H,6-11H2,1-2H3. The van der Waals surface area contributed by atoms with E-state index in [-0.39, 0.29) is 0 Å². The van der Waals surface area contributed by atoms with Gasteiger partial charge in [-0.1, -0.05) is 29.3 Å². The SMILES string of the molecule is Cc1cc(C)cc(CC2(O)C3CC4CC(C3)CC2C4)c1. The summed E-state index contributed by atoms with van der Waals surface area (Å²) < 4.78 is 0. The van der Waals surface area contributed by atoms with Gasteiger partial charge in [0.05, 0.1) is 5.60 Å². The molecule has 4 fully saturated rings. The van der Waals surface area contributed by atoms with Gasteiger partial charge in [0.15, 0.2) is 0 Å². The molecule has 4 saturated carbocycles. The lowest BCUT2D eigenvalue weighted by Gasteiger charge is -2.59. The zero-order valence-electron chi connectivity index (χ0n) is 12.7. The molecular weight excluding hydrogens is 244 g/mol. The fourth-order valence-corrected chi connectivity index (χ4v) is 5.79. The molecule has 20 heavy (non-hydrogen) atoms. The van der Waals surface area contributed by atoms with Crippen molar-refractivity contribution in [3.63, 3.8) is 0 Å². The van der Waals surface area contributed by atoms with Crippen molar-refractivity contribution >= 4 is 0 Å². The lowest BCUT2D eigenvalue weighted by atomic mass is 9.49. The number of benzene rings is 1. The van der Waals surface area contributed by atoms with Crippen LogP contribution < -0.4 is 0 Å². The maximum atomic E-state index is 11.4. The summed E-state index contributed by atoms with van der Waals surface area (Å²) in [5.74, 6) is 2.99. The molecule has 1 heteroatoms. The summed E-state index contributed by atoms with van der Waals surface area (Å²) >= 11 is 0. The number of aryl methyl sites for hydroxylation is 2. The van der Waals surface area contributed by atoms with E-state index in [0.717, 1.165) is 18.3 Å². The number of aliphatic hydroxyl groups is 1. The molecule has 4 aliphatic rings. The summed E-state index contributed by atoms with van der Waals surface area (Å²) in [6.07, 6.45) is 7.47. The van der Waals surface area contributed by atoms with Crippen LogP contribution in [-0.2, 0) is 6.42 Å². The van der Waals surface area contributed by atoms with Crippen LogP contribution in [0.15, 0.2) is 18.2 Å². The molecule has 0 spiro atoms. The van der Waals surface area contributed by atoms with Gasteiger partial charge in [-0.05, 0) is 75.2 Å². The number of rotatable bonds is 2. The van der Waals surface area contributed by atoms with E-state index in [2.05, 4.69) is 32.0 Å². The van der Waals surface area contributed by atoms with Crippen molar-refractivity contribution in [1.82, 2.24) is 0 Å². The third-order valence-corrected chi connectivity index (χ3v) is 6.32. The Morgan fingerprint density at radius 2 is 1.40 bits per heavy atom. The molecule has 1 aromatic rings. The first kappa shape index (κ1) is 12.9. The van der Waals surface area contributed by atoms with Crippen molar-refractivity contribution in [3.8, 4) is 0 Å². The van der Waals surface area contributed by atoms with Gasteiger partial charge in [-0.15, -0.1) is 0 Å². The van der Waals surface area contributed by atoms with E-state index in [1.54, 1.807) is 0 Å². The molecule has 4 bridgehead atoms. The number of hydrogen-bond donors (Lipinski definition) is 1. The summed E-state index contributed by atoms with van der Waals surface area (Å²) in [7, 11) is 0. The lowest BCUT2D eigenvalue weighted by molar-refractivity contribution is -0.171. The Bertz CT molecular complexity index is 482. The van der Waals surface area contributed by atoms with Crippen LogP contribution in [0, 0.1) is 37.5 Å². The van der Waals surface area contributed by atoms with Crippen LogP contribution in [0.25, 0.3) is 0 Å². The molecule has 0 amide bonds. The molecule has 0 radical (unpaired) electrons. The van der Waals surface area contributed by atoms with Gasteiger partial charge in [0.1, 0.15) is 0 Å². The van der Waals surface area contributed by atoms with Crippen LogP contribution in [-0.4, -0.2) is 10.7 Å². The van der Waals surface area contributed by atoms with Crippen molar-refractivity contribution < 1.29 is 5.11 Å². The summed E-state index contributed by atoms with van der Waals surface area (Å²) in [5, 5.41) is 11.4. The van der Waals surface area contributed by atoms with E-state index in [1.165, 1.54) is 48.8 Å². The fraction of sp³-hybridized carbons (Fsp3) is 0.684. The van der Waals surface area contributed by atoms with Crippen molar-refractivity contribution in [2.75, 3.05) is 0 Å².